The van der Waals surface area contributed by atoms with E-state index in [9.17, 15) is 0 Å². The number of nitrogens with zero attached hydrogens (tertiary/aromatic N) is 6. The van der Waals surface area contributed by atoms with E-state index in [0.717, 1.165) is 5.57 Å². The normalized spacial score (nSPS) is 11.5. The van der Waals surface area contributed by atoms with Crippen molar-refractivity contribution < 1.29 is 0 Å². The van der Waals surface area contributed by atoms with Crippen molar-refractivity contribution in [3.63, 3.8) is 0 Å². The second kappa shape index (κ2) is 5.09. The average Bonchev–Trinajstić information content (AvgIpc) is 2.05. The Morgan fingerprint density at radius 3 is 2.38 bits per heavy atom. The molecular formula is C7H12N6. The maximum absolute atomic E-state index is 8.30. The Balaban J connectivity index is 4.76. The molecule has 0 aliphatic carbocycles. The number of azide groups is 2. The number of hydrogen-bond donors (Lipinski definition) is 0. The zero-order valence-corrected chi connectivity index (χ0v) is 7.97. The molecule has 13 heavy (non-hydrogen) atoms. The van der Waals surface area contributed by atoms with E-state index in [4.69, 9.17) is 11.1 Å². The fraction of sp³-hybridized carbons (Fsp3) is 0.714. The van der Waals surface area contributed by atoms with Crippen LogP contribution < -0.4 is 0 Å². The van der Waals surface area contributed by atoms with Crippen molar-refractivity contribution in [1.29, 1.82) is 0 Å². The largest absolute Gasteiger partial charge is 0.0896 e. The highest BCUT2D eigenvalue weighted by Crippen LogP contribution is 2.21. The van der Waals surface area contributed by atoms with Crippen LogP contribution in [0.4, 0.5) is 0 Å². The minimum atomic E-state index is -0.627. The average molecular weight is 180 g/mol. The van der Waals surface area contributed by atoms with Crippen LogP contribution in [-0.4, -0.2) is 12.1 Å². The first-order valence-electron chi connectivity index (χ1n) is 3.81. The highest BCUT2D eigenvalue weighted by atomic mass is 15.2. The van der Waals surface area contributed by atoms with Gasteiger partial charge in [0.1, 0.15) is 0 Å². The summed E-state index contributed by atoms with van der Waals surface area (Å²) in [6, 6.07) is 0. The van der Waals surface area contributed by atoms with Gasteiger partial charge in [-0.2, -0.15) is 0 Å². The first-order valence-corrected chi connectivity index (χ1v) is 3.81. The Morgan fingerprint density at radius 1 is 1.38 bits per heavy atom. The smallest absolute Gasteiger partial charge is 0.0642 e. The maximum Gasteiger partial charge on any atom is 0.0642 e. The molecule has 0 bridgehead atoms. The quantitative estimate of drug-likeness (QED) is 0.274. The molecule has 6 heteroatoms. The van der Waals surface area contributed by atoms with Crippen LogP contribution in [0.2, 0.25) is 0 Å². The monoisotopic (exact) mass is 180 g/mol. The lowest BCUT2D eigenvalue weighted by Crippen LogP contribution is -2.20. The molecule has 0 fully saturated rings. The molecule has 0 aromatic rings. The third-order valence-corrected chi connectivity index (χ3v) is 1.73. The van der Waals surface area contributed by atoms with Gasteiger partial charge in [0.15, 0.2) is 0 Å². The SMILES string of the molecule is C/C=C(\CN=[N+]=[N-])C(C)(C)N=[N+]=[N-]. The Morgan fingerprint density at radius 2 is 2.00 bits per heavy atom. The lowest BCUT2D eigenvalue weighted by molar-refractivity contribution is 0.594. The van der Waals surface area contributed by atoms with E-state index >= 15 is 0 Å². The fourth-order valence-corrected chi connectivity index (χ4v) is 0.922. The van der Waals surface area contributed by atoms with Gasteiger partial charge >= 0.3 is 0 Å². The third kappa shape index (κ3) is 3.51. The standard InChI is InChI=1S/C7H12N6/c1-4-6(5-10-12-8)7(2,3)11-13-9/h4H,5H2,1-3H3/b6-4+. The van der Waals surface area contributed by atoms with Crippen molar-refractivity contribution in [3.8, 4) is 0 Å². The van der Waals surface area contributed by atoms with Crippen molar-refractivity contribution in [3.05, 3.63) is 32.5 Å². The topological polar surface area (TPSA) is 97.5 Å². The van der Waals surface area contributed by atoms with E-state index in [1.807, 2.05) is 6.92 Å². The van der Waals surface area contributed by atoms with Crippen LogP contribution in [0.25, 0.3) is 20.9 Å². The number of hydrogen-bond acceptors (Lipinski definition) is 2. The van der Waals surface area contributed by atoms with Gasteiger partial charge in [-0.05, 0) is 18.0 Å². The molecule has 0 aliphatic rings. The van der Waals surface area contributed by atoms with E-state index < -0.39 is 5.54 Å². The Hall–Kier alpha value is -1.64. The van der Waals surface area contributed by atoms with Crippen molar-refractivity contribution in [2.45, 2.75) is 26.3 Å². The summed E-state index contributed by atoms with van der Waals surface area (Å²) < 4.78 is 0. The molecule has 0 N–H and O–H groups in total. The highest BCUT2D eigenvalue weighted by molar-refractivity contribution is 5.18. The van der Waals surface area contributed by atoms with Gasteiger partial charge in [0.25, 0.3) is 0 Å². The summed E-state index contributed by atoms with van der Waals surface area (Å²) in [6.07, 6.45) is 1.80. The summed E-state index contributed by atoms with van der Waals surface area (Å²) in [7, 11) is 0. The summed E-state index contributed by atoms with van der Waals surface area (Å²) in [5.74, 6) is 0. The zero-order chi connectivity index (χ0) is 10.3. The van der Waals surface area contributed by atoms with Gasteiger partial charge in [0, 0.05) is 16.4 Å². The molecule has 0 radical (unpaired) electrons. The van der Waals surface area contributed by atoms with Crippen molar-refractivity contribution in [2.75, 3.05) is 6.54 Å². The van der Waals surface area contributed by atoms with Gasteiger partial charge in [0.05, 0.1) is 5.54 Å². The molecule has 70 valence electrons. The summed E-state index contributed by atoms with van der Waals surface area (Å²) in [4.78, 5) is 5.38. The first-order chi connectivity index (χ1) is 6.08. The van der Waals surface area contributed by atoms with E-state index in [1.165, 1.54) is 0 Å². The fourth-order valence-electron chi connectivity index (χ4n) is 0.922. The number of rotatable bonds is 4. The first kappa shape index (κ1) is 11.4. The highest BCUT2D eigenvalue weighted by Gasteiger charge is 2.19. The molecule has 0 aromatic heterocycles. The second-order valence-electron chi connectivity index (χ2n) is 2.95. The van der Waals surface area contributed by atoms with Gasteiger partial charge in [-0.1, -0.05) is 35.7 Å². The van der Waals surface area contributed by atoms with Crippen LogP contribution in [0.5, 0.6) is 0 Å². The van der Waals surface area contributed by atoms with Crippen LogP contribution >= 0.6 is 0 Å². The minimum Gasteiger partial charge on any atom is -0.0896 e. The second-order valence-corrected chi connectivity index (χ2v) is 2.95. The lowest BCUT2D eigenvalue weighted by atomic mass is 9.95. The van der Waals surface area contributed by atoms with Gasteiger partial charge in [-0.15, -0.1) is 0 Å². The van der Waals surface area contributed by atoms with Crippen LogP contribution in [0.3, 0.4) is 0 Å². The maximum atomic E-state index is 8.30. The molecule has 0 amide bonds. The predicted molar refractivity (Wildman–Crippen MR) is 51.0 cm³/mol. The molecule has 6 nitrogen and oxygen atoms in total. The molecule has 0 aromatic carbocycles. The summed E-state index contributed by atoms with van der Waals surface area (Å²) in [5.41, 5.74) is 16.6. The van der Waals surface area contributed by atoms with Crippen molar-refractivity contribution >= 4 is 0 Å². The molecule has 0 saturated carbocycles. The molecule has 0 rings (SSSR count). The molecule has 0 atom stereocenters. The van der Waals surface area contributed by atoms with Crippen molar-refractivity contribution in [1.82, 2.24) is 0 Å². The van der Waals surface area contributed by atoms with E-state index in [-0.39, 0.29) is 6.54 Å². The van der Waals surface area contributed by atoms with Crippen LogP contribution in [0.15, 0.2) is 21.9 Å². The molecular weight excluding hydrogens is 168 g/mol. The van der Waals surface area contributed by atoms with Gasteiger partial charge in [-0.25, -0.2) is 0 Å². The molecule has 0 heterocycles. The van der Waals surface area contributed by atoms with E-state index in [0.29, 0.717) is 0 Å². The Bertz CT molecular complexity index is 290. The molecule has 0 saturated heterocycles. The predicted octanol–water partition coefficient (Wildman–Crippen LogP) is 3.33. The summed E-state index contributed by atoms with van der Waals surface area (Å²) in [5, 5.41) is 7.03. The molecule has 0 spiro atoms. The zero-order valence-electron chi connectivity index (χ0n) is 7.97. The summed E-state index contributed by atoms with van der Waals surface area (Å²) in [6.45, 7) is 5.60. The molecule has 0 unspecified atom stereocenters. The van der Waals surface area contributed by atoms with Gasteiger partial charge in [-0.3, -0.25) is 0 Å². The Labute approximate surface area is 76.5 Å². The lowest BCUT2D eigenvalue weighted by Gasteiger charge is -2.20. The van der Waals surface area contributed by atoms with Crippen LogP contribution in [0.1, 0.15) is 20.8 Å². The number of allylic oxidation sites excluding steroid dienone is 1. The Kier molecular flexibility index (Phi) is 4.44. The summed E-state index contributed by atoms with van der Waals surface area (Å²) >= 11 is 0. The van der Waals surface area contributed by atoms with Gasteiger partial charge < -0.3 is 0 Å². The van der Waals surface area contributed by atoms with Gasteiger partial charge in [0.2, 0.25) is 0 Å². The minimum absolute atomic E-state index is 0.235. The third-order valence-electron chi connectivity index (χ3n) is 1.73. The van der Waals surface area contributed by atoms with E-state index in [2.05, 4.69) is 20.1 Å². The van der Waals surface area contributed by atoms with Crippen LogP contribution in [-0.2, 0) is 0 Å². The molecule has 0 aliphatic heterocycles. The van der Waals surface area contributed by atoms with Crippen molar-refractivity contribution in [2.24, 2.45) is 10.2 Å². The van der Waals surface area contributed by atoms with Crippen LogP contribution in [0, 0.1) is 0 Å². The van der Waals surface area contributed by atoms with E-state index in [1.54, 1.807) is 19.9 Å².